The Morgan fingerprint density at radius 3 is 2.31 bits per heavy atom. The van der Waals surface area contributed by atoms with Crippen molar-refractivity contribution < 1.29 is 24.2 Å². The lowest BCUT2D eigenvalue weighted by atomic mass is 9.98. The van der Waals surface area contributed by atoms with Crippen molar-refractivity contribution >= 4 is 18.0 Å². The van der Waals surface area contributed by atoms with Crippen LogP contribution in [-0.4, -0.2) is 52.2 Å². The number of rotatable bonds is 10. The number of H-pyrrole nitrogens is 1. The molecule has 0 saturated carbocycles. The smallest absolute Gasteiger partial charge is 0.407 e. The number of aliphatic carboxylic acids is 1. The van der Waals surface area contributed by atoms with Crippen molar-refractivity contribution in [1.29, 1.82) is 0 Å². The van der Waals surface area contributed by atoms with Crippen LogP contribution in [0, 0.1) is 5.92 Å². The number of carbonyl (C=O) groups excluding carboxylic acids is 2. The van der Waals surface area contributed by atoms with Crippen LogP contribution >= 0.6 is 0 Å². The average Bonchev–Trinajstić information content (AvgIpc) is 3.48. The third-order valence-electron chi connectivity index (χ3n) is 6.30. The minimum atomic E-state index is -0.984. The highest BCUT2D eigenvalue weighted by Crippen LogP contribution is 2.44. The summed E-state index contributed by atoms with van der Waals surface area (Å²) in [6.45, 7) is 1.83. The normalized spacial score (nSPS) is 13.9. The first kappa shape index (κ1) is 24.0. The van der Waals surface area contributed by atoms with Crippen LogP contribution in [0.1, 0.15) is 36.1 Å². The standard InChI is InChI=1S/C26H28N4O5/c1-2-16(25(32)33)12-28-24(31)23(11-17-13-27-15-29-17)30-26(34)35-14-22-20-9-5-3-7-18(20)19-8-4-6-10-21(19)22/h3-10,13,15-16,22-23H,2,11-12,14H2,1H3,(H,27,29)(H,28,31)(H,30,34)(H,32,33)/t16?,23-/m0/s1. The molecule has 1 heterocycles. The number of aromatic nitrogens is 2. The van der Waals surface area contributed by atoms with Crippen LogP contribution in [0.2, 0.25) is 0 Å². The molecule has 2 amide bonds. The Morgan fingerprint density at radius 2 is 1.74 bits per heavy atom. The van der Waals surface area contributed by atoms with Gasteiger partial charge in [-0.1, -0.05) is 55.5 Å². The predicted molar refractivity (Wildman–Crippen MR) is 129 cm³/mol. The van der Waals surface area contributed by atoms with Crippen LogP contribution < -0.4 is 10.6 Å². The topological polar surface area (TPSA) is 133 Å². The average molecular weight is 477 g/mol. The van der Waals surface area contributed by atoms with E-state index in [0.717, 1.165) is 22.3 Å². The number of alkyl carbamates (subject to hydrolysis) is 1. The molecule has 1 aliphatic carbocycles. The Balaban J connectivity index is 1.41. The number of ether oxygens (including phenoxy) is 1. The maximum absolute atomic E-state index is 12.8. The number of aromatic amines is 1. The van der Waals surface area contributed by atoms with Crippen LogP contribution in [0.4, 0.5) is 4.79 Å². The number of amides is 2. The lowest BCUT2D eigenvalue weighted by molar-refractivity contribution is -0.141. The quantitative estimate of drug-likeness (QED) is 0.355. The molecule has 0 saturated heterocycles. The molecule has 4 N–H and O–H groups in total. The minimum Gasteiger partial charge on any atom is -0.481 e. The monoisotopic (exact) mass is 476 g/mol. The number of fused-ring (bicyclic) bond motifs is 3. The Labute approximate surface area is 202 Å². The highest BCUT2D eigenvalue weighted by Gasteiger charge is 2.30. The van der Waals surface area contributed by atoms with Crippen molar-refractivity contribution in [3.63, 3.8) is 0 Å². The summed E-state index contributed by atoms with van der Waals surface area (Å²) in [4.78, 5) is 43.7. The van der Waals surface area contributed by atoms with Crippen molar-refractivity contribution in [1.82, 2.24) is 20.6 Å². The highest BCUT2D eigenvalue weighted by molar-refractivity contribution is 5.86. The first-order valence-corrected chi connectivity index (χ1v) is 11.6. The van der Waals surface area contributed by atoms with Crippen molar-refractivity contribution in [2.45, 2.75) is 31.7 Å². The van der Waals surface area contributed by atoms with Gasteiger partial charge in [0.15, 0.2) is 0 Å². The zero-order valence-electron chi connectivity index (χ0n) is 19.4. The largest absolute Gasteiger partial charge is 0.481 e. The fraction of sp³-hybridized carbons (Fsp3) is 0.308. The zero-order valence-corrected chi connectivity index (χ0v) is 19.4. The van der Waals surface area contributed by atoms with E-state index in [1.54, 1.807) is 13.1 Å². The van der Waals surface area contributed by atoms with E-state index >= 15 is 0 Å². The van der Waals surface area contributed by atoms with Gasteiger partial charge in [-0.05, 0) is 28.7 Å². The number of carbonyl (C=O) groups is 3. The summed E-state index contributed by atoms with van der Waals surface area (Å²) >= 11 is 0. The van der Waals surface area contributed by atoms with Gasteiger partial charge in [-0.15, -0.1) is 0 Å². The van der Waals surface area contributed by atoms with Crippen LogP contribution in [0.3, 0.4) is 0 Å². The minimum absolute atomic E-state index is 0.0312. The van der Waals surface area contributed by atoms with Gasteiger partial charge in [0.2, 0.25) is 5.91 Å². The second kappa shape index (κ2) is 10.9. The number of carboxylic acids is 1. The van der Waals surface area contributed by atoms with Gasteiger partial charge in [-0.2, -0.15) is 0 Å². The molecular weight excluding hydrogens is 448 g/mol. The first-order chi connectivity index (χ1) is 17.0. The van der Waals surface area contributed by atoms with Gasteiger partial charge < -0.3 is 25.5 Å². The molecule has 0 bridgehead atoms. The van der Waals surface area contributed by atoms with E-state index in [1.807, 2.05) is 36.4 Å². The number of carboxylic acid groups (broad SMARTS) is 1. The number of nitrogens with zero attached hydrogens (tertiary/aromatic N) is 1. The maximum atomic E-state index is 12.8. The molecule has 2 aromatic carbocycles. The van der Waals surface area contributed by atoms with Crippen molar-refractivity contribution in [3.8, 4) is 11.1 Å². The Bertz CT molecular complexity index is 1150. The second-order valence-corrected chi connectivity index (χ2v) is 8.49. The number of imidazole rings is 1. The van der Waals surface area contributed by atoms with E-state index in [4.69, 9.17) is 4.74 Å². The summed E-state index contributed by atoms with van der Waals surface area (Å²) in [6.07, 6.45) is 2.85. The van der Waals surface area contributed by atoms with Crippen LogP contribution in [0.15, 0.2) is 61.1 Å². The van der Waals surface area contributed by atoms with Crippen LogP contribution in [0.25, 0.3) is 11.1 Å². The highest BCUT2D eigenvalue weighted by atomic mass is 16.5. The Morgan fingerprint density at radius 1 is 1.09 bits per heavy atom. The molecule has 0 spiro atoms. The lowest BCUT2D eigenvalue weighted by Gasteiger charge is -2.20. The number of hydrogen-bond acceptors (Lipinski definition) is 5. The molecule has 3 aromatic rings. The summed E-state index contributed by atoms with van der Waals surface area (Å²) < 4.78 is 5.57. The third kappa shape index (κ3) is 5.51. The molecule has 182 valence electrons. The van der Waals surface area contributed by atoms with Crippen molar-refractivity contribution in [2.24, 2.45) is 5.92 Å². The summed E-state index contributed by atoms with van der Waals surface area (Å²) in [5.41, 5.74) is 5.07. The summed E-state index contributed by atoms with van der Waals surface area (Å²) in [6, 6.07) is 15.1. The number of hydrogen-bond donors (Lipinski definition) is 4. The summed E-state index contributed by atoms with van der Waals surface area (Å²) in [5, 5.41) is 14.5. The molecule has 0 aliphatic heterocycles. The molecular formula is C26H28N4O5. The van der Waals surface area contributed by atoms with Crippen LogP contribution in [0.5, 0.6) is 0 Å². The SMILES string of the molecule is CCC(CNC(=O)[C@H](Cc1cnc[nH]1)NC(=O)OCC1c2ccccc2-c2ccccc21)C(=O)O. The Hall–Kier alpha value is -4.14. The fourth-order valence-corrected chi connectivity index (χ4v) is 4.36. The number of benzene rings is 2. The van der Waals surface area contributed by atoms with Gasteiger partial charge in [0.05, 0.1) is 12.2 Å². The zero-order chi connectivity index (χ0) is 24.8. The van der Waals surface area contributed by atoms with Gasteiger partial charge in [0.1, 0.15) is 12.6 Å². The molecule has 4 rings (SSSR count). The predicted octanol–water partition coefficient (Wildman–Crippen LogP) is 3.09. The van der Waals surface area contributed by atoms with Gasteiger partial charge in [0, 0.05) is 30.8 Å². The molecule has 0 fully saturated rings. The van der Waals surface area contributed by atoms with E-state index in [-0.39, 0.29) is 25.5 Å². The van der Waals surface area contributed by atoms with E-state index < -0.39 is 29.9 Å². The molecule has 1 aromatic heterocycles. The molecule has 0 radical (unpaired) electrons. The van der Waals surface area contributed by atoms with E-state index in [0.29, 0.717) is 12.1 Å². The molecule has 2 atom stereocenters. The molecule has 9 nitrogen and oxygen atoms in total. The molecule has 1 aliphatic rings. The van der Waals surface area contributed by atoms with Crippen molar-refractivity contribution in [3.05, 3.63) is 77.9 Å². The van der Waals surface area contributed by atoms with Crippen molar-refractivity contribution in [2.75, 3.05) is 13.2 Å². The number of nitrogens with one attached hydrogen (secondary N) is 3. The molecule has 9 heteroatoms. The van der Waals surface area contributed by atoms with Gasteiger partial charge in [0.25, 0.3) is 0 Å². The van der Waals surface area contributed by atoms with Gasteiger partial charge in [-0.3, -0.25) is 9.59 Å². The fourth-order valence-electron chi connectivity index (χ4n) is 4.36. The third-order valence-corrected chi connectivity index (χ3v) is 6.30. The van der Waals surface area contributed by atoms with E-state index in [1.165, 1.54) is 6.33 Å². The molecule has 1 unspecified atom stereocenters. The van der Waals surface area contributed by atoms with Gasteiger partial charge >= 0.3 is 12.1 Å². The summed E-state index contributed by atoms with van der Waals surface area (Å²) in [7, 11) is 0. The molecule has 35 heavy (non-hydrogen) atoms. The van der Waals surface area contributed by atoms with E-state index in [2.05, 4.69) is 32.7 Å². The summed E-state index contributed by atoms with van der Waals surface area (Å²) in [5.74, 6) is -2.29. The second-order valence-electron chi connectivity index (χ2n) is 8.49. The van der Waals surface area contributed by atoms with Crippen LogP contribution in [-0.2, 0) is 20.7 Å². The maximum Gasteiger partial charge on any atom is 0.407 e. The lowest BCUT2D eigenvalue weighted by Crippen LogP contribution is -2.49. The van der Waals surface area contributed by atoms with Gasteiger partial charge in [-0.25, -0.2) is 9.78 Å². The first-order valence-electron chi connectivity index (χ1n) is 11.6. The van der Waals surface area contributed by atoms with E-state index in [9.17, 15) is 19.5 Å². The Kier molecular flexibility index (Phi) is 7.45.